The van der Waals surface area contributed by atoms with Crippen molar-refractivity contribution in [2.45, 2.75) is 44.2 Å². The summed E-state index contributed by atoms with van der Waals surface area (Å²) in [7, 11) is 1.69. The summed E-state index contributed by atoms with van der Waals surface area (Å²) in [4.78, 5) is 28.8. The number of piperidine rings is 3. The van der Waals surface area contributed by atoms with Crippen LogP contribution in [0.25, 0.3) is 0 Å². The van der Waals surface area contributed by atoms with Crippen LogP contribution in [-0.4, -0.2) is 67.0 Å². The fraction of sp³-hybridized carbons (Fsp3) is 0.619. The first-order valence-corrected chi connectivity index (χ1v) is 10.0. The highest BCUT2D eigenvalue weighted by Crippen LogP contribution is 2.47. The van der Waals surface area contributed by atoms with Gasteiger partial charge in [0.1, 0.15) is 5.75 Å². The molecule has 6 nitrogen and oxygen atoms in total. The SMILES string of the molecule is COc1cccc([C@H]2CN(C(=O)CCNC(C)=O)[C@@H]3C4CCN(CC4)[C@H]23)c1. The smallest absolute Gasteiger partial charge is 0.224 e. The minimum Gasteiger partial charge on any atom is -0.497 e. The van der Waals surface area contributed by atoms with E-state index in [0.717, 1.165) is 25.4 Å². The molecule has 2 bridgehead atoms. The number of ether oxygens (including phenoxy) is 1. The van der Waals surface area contributed by atoms with Gasteiger partial charge in [0.05, 0.1) is 13.2 Å². The summed E-state index contributed by atoms with van der Waals surface area (Å²) in [6.45, 7) is 4.94. The zero-order valence-electron chi connectivity index (χ0n) is 16.2. The minimum atomic E-state index is -0.0841. The van der Waals surface area contributed by atoms with E-state index in [1.807, 2.05) is 12.1 Å². The molecule has 0 saturated carbocycles. The molecule has 0 aliphatic carbocycles. The Hall–Kier alpha value is -2.08. The van der Waals surface area contributed by atoms with Gasteiger partial charge in [0.2, 0.25) is 11.8 Å². The number of hydrogen-bond donors (Lipinski definition) is 1. The van der Waals surface area contributed by atoms with Gasteiger partial charge >= 0.3 is 0 Å². The summed E-state index contributed by atoms with van der Waals surface area (Å²) in [5, 5.41) is 2.75. The molecule has 0 unspecified atom stereocenters. The Morgan fingerprint density at radius 2 is 2.00 bits per heavy atom. The van der Waals surface area contributed by atoms with E-state index in [4.69, 9.17) is 4.74 Å². The monoisotopic (exact) mass is 371 g/mol. The Kier molecular flexibility index (Phi) is 5.08. The van der Waals surface area contributed by atoms with Crippen LogP contribution in [-0.2, 0) is 9.59 Å². The summed E-state index contributed by atoms with van der Waals surface area (Å²) >= 11 is 0. The van der Waals surface area contributed by atoms with Gasteiger partial charge in [-0.3, -0.25) is 14.5 Å². The quantitative estimate of drug-likeness (QED) is 0.854. The normalized spacial score (nSPS) is 31.5. The highest BCUT2D eigenvalue weighted by atomic mass is 16.5. The van der Waals surface area contributed by atoms with Gasteiger partial charge in [0.15, 0.2) is 0 Å². The molecule has 3 atom stereocenters. The fourth-order valence-corrected chi connectivity index (χ4v) is 5.36. The summed E-state index contributed by atoms with van der Waals surface area (Å²) < 4.78 is 5.43. The van der Waals surface area contributed by atoms with E-state index in [9.17, 15) is 9.59 Å². The van der Waals surface area contributed by atoms with Gasteiger partial charge in [-0.15, -0.1) is 0 Å². The first-order chi connectivity index (χ1) is 13.1. The average Bonchev–Trinajstić information content (AvgIpc) is 3.11. The van der Waals surface area contributed by atoms with Crippen molar-refractivity contribution in [1.29, 1.82) is 0 Å². The Morgan fingerprint density at radius 3 is 2.70 bits per heavy atom. The van der Waals surface area contributed by atoms with Crippen LogP contribution in [0.1, 0.15) is 37.7 Å². The number of nitrogens with one attached hydrogen (secondary N) is 1. The lowest BCUT2D eigenvalue weighted by molar-refractivity contribution is -0.135. The highest BCUT2D eigenvalue weighted by molar-refractivity contribution is 5.79. The molecule has 4 aliphatic heterocycles. The van der Waals surface area contributed by atoms with Crippen molar-refractivity contribution in [3.05, 3.63) is 29.8 Å². The number of rotatable bonds is 5. The van der Waals surface area contributed by atoms with Gasteiger partial charge in [-0.2, -0.15) is 0 Å². The second kappa shape index (κ2) is 7.50. The van der Waals surface area contributed by atoms with Crippen LogP contribution in [0.2, 0.25) is 0 Å². The second-order valence-electron chi connectivity index (χ2n) is 8.02. The summed E-state index contributed by atoms with van der Waals surface area (Å²) in [5.41, 5.74) is 1.26. The van der Waals surface area contributed by atoms with Crippen LogP contribution in [0.15, 0.2) is 24.3 Å². The Morgan fingerprint density at radius 1 is 1.22 bits per heavy atom. The van der Waals surface area contributed by atoms with Crippen molar-refractivity contribution in [2.24, 2.45) is 5.92 Å². The molecule has 4 fully saturated rings. The van der Waals surface area contributed by atoms with Gasteiger partial charge in [-0.1, -0.05) is 12.1 Å². The number of carbonyl (C=O) groups excluding carboxylic acids is 2. The molecule has 4 heterocycles. The molecule has 27 heavy (non-hydrogen) atoms. The van der Waals surface area contributed by atoms with Gasteiger partial charge in [-0.25, -0.2) is 0 Å². The molecular weight excluding hydrogens is 342 g/mol. The third-order valence-corrected chi connectivity index (χ3v) is 6.55. The summed E-state index contributed by atoms with van der Waals surface area (Å²) in [6, 6.07) is 9.00. The zero-order valence-corrected chi connectivity index (χ0v) is 16.2. The predicted molar refractivity (Wildman–Crippen MR) is 103 cm³/mol. The number of carbonyl (C=O) groups is 2. The van der Waals surface area contributed by atoms with Gasteiger partial charge < -0.3 is 15.0 Å². The molecule has 1 aromatic rings. The molecule has 0 aromatic heterocycles. The lowest BCUT2D eigenvalue weighted by Crippen LogP contribution is -2.60. The third-order valence-electron chi connectivity index (χ3n) is 6.55. The molecule has 1 aromatic carbocycles. The summed E-state index contributed by atoms with van der Waals surface area (Å²) in [5.74, 6) is 1.87. The second-order valence-corrected chi connectivity index (χ2v) is 8.02. The summed E-state index contributed by atoms with van der Waals surface area (Å²) in [6.07, 6.45) is 2.74. The van der Waals surface area contributed by atoms with Crippen molar-refractivity contribution in [3.63, 3.8) is 0 Å². The average molecular weight is 371 g/mol. The van der Waals surface area contributed by atoms with Crippen LogP contribution in [0.4, 0.5) is 0 Å². The van der Waals surface area contributed by atoms with E-state index in [-0.39, 0.29) is 11.8 Å². The lowest BCUT2D eigenvalue weighted by Gasteiger charge is -2.51. The minimum absolute atomic E-state index is 0.0841. The molecule has 0 spiro atoms. The van der Waals surface area contributed by atoms with E-state index in [2.05, 4.69) is 27.2 Å². The molecule has 6 heteroatoms. The van der Waals surface area contributed by atoms with Crippen LogP contribution >= 0.6 is 0 Å². The van der Waals surface area contributed by atoms with E-state index in [1.54, 1.807) is 7.11 Å². The van der Waals surface area contributed by atoms with Crippen molar-refractivity contribution in [2.75, 3.05) is 33.3 Å². The number of benzene rings is 1. The first kappa shape index (κ1) is 18.3. The molecular formula is C21H29N3O3. The number of hydrogen-bond acceptors (Lipinski definition) is 4. The lowest BCUT2D eigenvalue weighted by atomic mass is 9.75. The van der Waals surface area contributed by atoms with Crippen molar-refractivity contribution in [1.82, 2.24) is 15.1 Å². The van der Waals surface area contributed by atoms with Crippen LogP contribution in [0.3, 0.4) is 0 Å². The van der Waals surface area contributed by atoms with E-state index in [0.29, 0.717) is 36.9 Å². The number of amides is 2. The number of fused-ring (bicyclic) bond motifs is 2. The van der Waals surface area contributed by atoms with E-state index < -0.39 is 0 Å². The molecule has 4 aliphatic rings. The van der Waals surface area contributed by atoms with Gasteiger partial charge in [0.25, 0.3) is 0 Å². The topological polar surface area (TPSA) is 61.9 Å². The number of methoxy groups -OCH3 is 1. The first-order valence-electron chi connectivity index (χ1n) is 10.0. The molecule has 146 valence electrons. The van der Waals surface area contributed by atoms with Crippen LogP contribution in [0, 0.1) is 5.92 Å². The molecule has 0 radical (unpaired) electrons. The van der Waals surface area contributed by atoms with Gasteiger partial charge in [-0.05, 0) is 49.5 Å². The maximum absolute atomic E-state index is 13.0. The van der Waals surface area contributed by atoms with Crippen LogP contribution in [0.5, 0.6) is 5.75 Å². The Balaban J connectivity index is 1.58. The fourth-order valence-electron chi connectivity index (χ4n) is 5.36. The van der Waals surface area contributed by atoms with Gasteiger partial charge in [0, 0.05) is 38.4 Å². The molecule has 2 amide bonds. The Bertz CT molecular complexity index is 714. The maximum Gasteiger partial charge on any atom is 0.224 e. The maximum atomic E-state index is 13.0. The Labute approximate surface area is 160 Å². The van der Waals surface area contributed by atoms with Crippen LogP contribution < -0.4 is 10.1 Å². The number of likely N-dealkylation sites (tertiary alicyclic amines) is 1. The molecule has 5 rings (SSSR count). The predicted octanol–water partition coefficient (Wildman–Crippen LogP) is 1.61. The highest BCUT2D eigenvalue weighted by Gasteiger charge is 2.54. The van der Waals surface area contributed by atoms with Crippen molar-refractivity contribution >= 4 is 11.8 Å². The van der Waals surface area contributed by atoms with Crippen molar-refractivity contribution in [3.8, 4) is 5.75 Å². The standard InChI is InChI=1S/C21H29N3O3/c1-14(25)22-9-6-19(26)24-13-18(16-4-3-5-17(12-16)27-2)21-20(24)15-7-10-23(21)11-8-15/h3-5,12,15,18,20-21H,6-11,13H2,1-2H3,(H,22,25)/t18-,20-,21-/m1/s1. The van der Waals surface area contributed by atoms with E-state index in [1.165, 1.54) is 25.3 Å². The van der Waals surface area contributed by atoms with E-state index >= 15 is 0 Å². The molecule has 1 N–H and O–H groups in total. The molecule has 4 saturated heterocycles. The zero-order chi connectivity index (χ0) is 19.0. The third kappa shape index (κ3) is 3.43. The largest absolute Gasteiger partial charge is 0.497 e. The number of nitrogens with zero attached hydrogens (tertiary/aromatic N) is 2. The van der Waals surface area contributed by atoms with Crippen molar-refractivity contribution < 1.29 is 14.3 Å².